The van der Waals surface area contributed by atoms with E-state index in [0.29, 0.717) is 27.8 Å². The van der Waals surface area contributed by atoms with E-state index in [2.05, 4.69) is 15.0 Å². The number of aromatic nitrogens is 3. The van der Waals surface area contributed by atoms with Crippen molar-refractivity contribution in [1.82, 2.24) is 15.0 Å². The zero-order valence-corrected chi connectivity index (χ0v) is 14.5. The molecule has 0 aliphatic rings. The highest BCUT2D eigenvalue weighted by atomic mass is 19.4. The number of nitrogens with zero attached hydrogens (tertiary/aromatic N) is 3. The summed E-state index contributed by atoms with van der Waals surface area (Å²) in [4.78, 5) is 11.3. The zero-order chi connectivity index (χ0) is 19.3. The molecule has 1 atom stereocenters. The first-order valence-corrected chi connectivity index (χ1v) is 8.22. The average Bonchev–Trinajstić information content (AvgIpc) is 2.99. The molecule has 0 saturated carbocycles. The maximum Gasteiger partial charge on any atom is 0.451 e. The molecule has 138 valence electrons. The van der Waals surface area contributed by atoms with Crippen LogP contribution in [0, 0.1) is 6.92 Å². The second-order valence-electron chi connectivity index (χ2n) is 6.45. The van der Waals surface area contributed by atoms with Gasteiger partial charge in [-0.25, -0.2) is 9.97 Å². The summed E-state index contributed by atoms with van der Waals surface area (Å²) in [6.07, 6.45) is -0.738. The second-order valence-corrected chi connectivity index (χ2v) is 6.45. The molecule has 1 aromatic carbocycles. The quantitative estimate of drug-likeness (QED) is 0.548. The van der Waals surface area contributed by atoms with E-state index in [1.165, 1.54) is 0 Å². The molecule has 0 fully saturated rings. The van der Waals surface area contributed by atoms with E-state index in [0.717, 1.165) is 28.9 Å². The van der Waals surface area contributed by atoms with E-state index in [1.54, 1.807) is 12.3 Å². The van der Waals surface area contributed by atoms with Gasteiger partial charge in [0.1, 0.15) is 11.1 Å². The van der Waals surface area contributed by atoms with Crippen molar-refractivity contribution >= 4 is 22.1 Å². The molecule has 8 heteroatoms. The molecule has 1 unspecified atom stereocenters. The van der Waals surface area contributed by atoms with E-state index in [1.807, 2.05) is 26.0 Å². The molecular weight excluding hydrogens is 357 g/mol. The van der Waals surface area contributed by atoms with Crippen LogP contribution in [0.3, 0.4) is 0 Å². The molecule has 2 N–H and O–H groups in total. The molecule has 27 heavy (non-hydrogen) atoms. The number of aryl methyl sites for hydroxylation is 1. The van der Waals surface area contributed by atoms with E-state index in [9.17, 15) is 13.2 Å². The average molecular weight is 372 g/mol. The van der Waals surface area contributed by atoms with Crippen molar-refractivity contribution in [2.75, 3.05) is 0 Å². The number of rotatable bonds is 2. The molecule has 0 bridgehead atoms. The third-order valence-electron chi connectivity index (χ3n) is 4.33. The number of hydrogen-bond donors (Lipinski definition) is 1. The zero-order valence-electron chi connectivity index (χ0n) is 14.5. The summed E-state index contributed by atoms with van der Waals surface area (Å²) in [5, 5.41) is 0.812. The van der Waals surface area contributed by atoms with Crippen molar-refractivity contribution in [3.8, 4) is 11.1 Å². The Morgan fingerprint density at radius 1 is 1.07 bits per heavy atom. The number of alkyl halides is 3. The fourth-order valence-electron chi connectivity index (χ4n) is 3.12. The summed E-state index contributed by atoms with van der Waals surface area (Å²) in [6, 6.07) is 5.32. The van der Waals surface area contributed by atoms with Crippen LogP contribution in [-0.2, 0) is 6.18 Å². The molecule has 5 nitrogen and oxygen atoms in total. The first-order chi connectivity index (χ1) is 12.8. The number of benzene rings is 1. The number of hydrogen-bond acceptors (Lipinski definition) is 5. The van der Waals surface area contributed by atoms with Crippen molar-refractivity contribution in [2.45, 2.75) is 26.1 Å². The molecule has 4 rings (SSSR count). The number of nitrogens with two attached hydrogens (primary N) is 1. The topological polar surface area (TPSA) is 77.8 Å². The maximum absolute atomic E-state index is 12.7. The SMILES string of the molecule is Cc1cc(C(C)N)c2oc3c(-c4cnc(C(F)(F)F)nc4)ccnc3c2c1. The van der Waals surface area contributed by atoms with Crippen LogP contribution in [0.4, 0.5) is 13.2 Å². The van der Waals surface area contributed by atoms with Gasteiger partial charge < -0.3 is 10.2 Å². The van der Waals surface area contributed by atoms with Crippen LogP contribution in [0.5, 0.6) is 0 Å². The lowest BCUT2D eigenvalue weighted by atomic mass is 10.0. The third kappa shape index (κ3) is 2.91. The smallest absolute Gasteiger partial charge is 0.451 e. The molecule has 0 aliphatic heterocycles. The molecule has 4 aromatic rings. The molecule has 0 aliphatic carbocycles. The summed E-state index contributed by atoms with van der Waals surface area (Å²) in [6.45, 7) is 3.82. The molecule has 0 spiro atoms. The Bertz CT molecular complexity index is 1150. The summed E-state index contributed by atoms with van der Waals surface area (Å²) in [5.74, 6) is -1.18. The summed E-state index contributed by atoms with van der Waals surface area (Å²) in [5.41, 5.74) is 10.6. The first kappa shape index (κ1) is 17.4. The van der Waals surface area contributed by atoms with Gasteiger partial charge in [-0.3, -0.25) is 4.98 Å². The minimum Gasteiger partial charge on any atom is -0.453 e. The summed E-state index contributed by atoms with van der Waals surface area (Å²) in [7, 11) is 0. The third-order valence-corrected chi connectivity index (χ3v) is 4.33. The predicted molar refractivity (Wildman–Crippen MR) is 94.9 cm³/mol. The fraction of sp³-hybridized carbons (Fsp3) is 0.211. The van der Waals surface area contributed by atoms with E-state index < -0.39 is 12.0 Å². The minimum absolute atomic E-state index is 0.245. The fourth-order valence-corrected chi connectivity index (χ4v) is 3.12. The Morgan fingerprint density at radius 2 is 1.78 bits per heavy atom. The number of furan rings is 1. The summed E-state index contributed by atoms with van der Waals surface area (Å²) < 4.78 is 44.2. The highest BCUT2D eigenvalue weighted by Gasteiger charge is 2.34. The van der Waals surface area contributed by atoms with Crippen LogP contribution in [0.15, 0.2) is 41.2 Å². The highest BCUT2D eigenvalue weighted by Crippen LogP contribution is 2.37. The van der Waals surface area contributed by atoms with Gasteiger partial charge in [0.15, 0.2) is 5.58 Å². The number of pyridine rings is 1. The van der Waals surface area contributed by atoms with E-state index >= 15 is 0 Å². The standard InChI is InChI=1S/C19H15F3N4O/c1-9-5-13(10(2)23)16-14(6-9)15-17(27-16)12(3-4-24-15)11-7-25-18(26-8-11)19(20,21)22/h3-8,10H,23H2,1-2H3. The van der Waals surface area contributed by atoms with Crippen molar-refractivity contribution < 1.29 is 17.6 Å². The van der Waals surface area contributed by atoms with Crippen molar-refractivity contribution in [2.24, 2.45) is 5.73 Å². The van der Waals surface area contributed by atoms with Gasteiger partial charge in [-0.2, -0.15) is 13.2 Å². The monoisotopic (exact) mass is 372 g/mol. The van der Waals surface area contributed by atoms with Crippen molar-refractivity contribution in [3.05, 3.63) is 53.7 Å². The predicted octanol–water partition coefficient (Wildman–Crippen LogP) is 4.78. The molecule has 3 heterocycles. The Labute approximate surface area is 152 Å². The molecule has 0 radical (unpaired) electrons. The lowest BCUT2D eigenvalue weighted by molar-refractivity contribution is -0.144. The Balaban J connectivity index is 1.96. The van der Waals surface area contributed by atoms with Crippen LogP contribution >= 0.6 is 0 Å². The Kier molecular flexibility index (Phi) is 3.88. The van der Waals surface area contributed by atoms with Gasteiger partial charge in [0.05, 0.1) is 0 Å². The van der Waals surface area contributed by atoms with E-state index in [-0.39, 0.29) is 6.04 Å². The Morgan fingerprint density at radius 3 is 2.41 bits per heavy atom. The van der Waals surface area contributed by atoms with Gasteiger partial charge in [-0.15, -0.1) is 0 Å². The maximum atomic E-state index is 12.7. The number of fused-ring (bicyclic) bond motifs is 3. The minimum atomic E-state index is -4.59. The van der Waals surface area contributed by atoms with Gasteiger partial charge in [0.25, 0.3) is 0 Å². The lowest BCUT2D eigenvalue weighted by Crippen LogP contribution is -2.10. The lowest BCUT2D eigenvalue weighted by Gasteiger charge is -2.07. The van der Waals surface area contributed by atoms with Gasteiger partial charge in [0, 0.05) is 46.7 Å². The second kappa shape index (κ2) is 6.02. The van der Waals surface area contributed by atoms with Crippen molar-refractivity contribution in [1.29, 1.82) is 0 Å². The molecule has 0 amide bonds. The van der Waals surface area contributed by atoms with Crippen molar-refractivity contribution in [3.63, 3.8) is 0 Å². The van der Waals surface area contributed by atoms with Crippen LogP contribution in [-0.4, -0.2) is 15.0 Å². The van der Waals surface area contributed by atoms with E-state index in [4.69, 9.17) is 10.2 Å². The summed E-state index contributed by atoms with van der Waals surface area (Å²) >= 11 is 0. The molecular formula is C19H15F3N4O. The van der Waals surface area contributed by atoms with Crippen LogP contribution < -0.4 is 5.73 Å². The van der Waals surface area contributed by atoms with Gasteiger partial charge in [-0.05, 0) is 31.5 Å². The van der Waals surface area contributed by atoms with Gasteiger partial charge >= 0.3 is 6.18 Å². The molecule has 0 saturated heterocycles. The van der Waals surface area contributed by atoms with Crippen LogP contribution in [0.1, 0.15) is 29.9 Å². The first-order valence-electron chi connectivity index (χ1n) is 8.22. The van der Waals surface area contributed by atoms with Gasteiger partial charge in [-0.1, -0.05) is 6.07 Å². The normalized spacial score (nSPS) is 13.4. The van der Waals surface area contributed by atoms with Crippen LogP contribution in [0.25, 0.3) is 33.2 Å². The molecule has 3 aromatic heterocycles. The van der Waals surface area contributed by atoms with Crippen LogP contribution in [0.2, 0.25) is 0 Å². The largest absolute Gasteiger partial charge is 0.453 e. The Hall–Kier alpha value is -3.00. The number of halogens is 3. The highest BCUT2D eigenvalue weighted by molar-refractivity contribution is 6.08. The van der Waals surface area contributed by atoms with Gasteiger partial charge in [0.2, 0.25) is 5.82 Å².